The molecule has 0 unspecified atom stereocenters. The average Bonchev–Trinajstić information content (AvgIpc) is 2.86. The molecule has 2 rings (SSSR count). The van der Waals surface area contributed by atoms with Gasteiger partial charge in [-0.25, -0.2) is 4.79 Å². The molecule has 0 bridgehead atoms. The topological polar surface area (TPSA) is 51.5 Å². The molecule has 1 heterocycles. The van der Waals surface area contributed by atoms with Gasteiger partial charge in [0.25, 0.3) is 0 Å². The molecule has 0 aliphatic carbocycles. The second-order valence-corrected chi connectivity index (χ2v) is 4.28. The second kappa shape index (κ2) is 6.29. The molecule has 0 radical (unpaired) electrons. The third kappa shape index (κ3) is 3.76. The minimum Gasteiger partial charge on any atom is -0.459 e. The van der Waals surface area contributed by atoms with Crippen LogP contribution in [0.4, 0.5) is 4.79 Å². The molecule has 0 fully saturated rings. The number of ether oxygens (including phenoxy) is 1. The number of hydrogen-bond acceptors (Lipinski definition) is 3. The van der Waals surface area contributed by atoms with Crippen molar-refractivity contribution in [1.82, 2.24) is 5.32 Å². The Morgan fingerprint density at radius 2 is 2.00 bits per heavy atom. The van der Waals surface area contributed by atoms with E-state index in [0.29, 0.717) is 23.9 Å². The number of carbonyl (C=O) groups is 1. The predicted octanol–water partition coefficient (Wildman–Crippen LogP) is 3.85. The van der Waals surface area contributed by atoms with Gasteiger partial charge in [-0.2, -0.15) is 0 Å². The summed E-state index contributed by atoms with van der Waals surface area (Å²) in [7, 11) is 0. The highest BCUT2D eigenvalue weighted by Crippen LogP contribution is 2.23. The molecule has 0 aliphatic heterocycles. The van der Waals surface area contributed by atoms with Gasteiger partial charge in [0.1, 0.15) is 11.5 Å². The zero-order valence-electron chi connectivity index (χ0n) is 10.5. The van der Waals surface area contributed by atoms with Crippen LogP contribution in [0.5, 0.6) is 0 Å². The quantitative estimate of drug-likeness (QED) is 0.925. The number of hydrogen-bond donors (Lipinski definition) is 1. The van der Waals surface area contributed by atoms with Crippen LogP contribution in [0, 0.1) is 0 Å². The van der Waals surface area contributed by atoms with Crippen molar-refractivity contribution in [1.29, 1.82) is 0 Å². The van der Waals surface area contributed by atoms with Crippen molar-refractivity contribution in [3.8, 4) is 11.3 Å². The summed E-state index contributed by atoms with van der Waals surface area (Å²) >= 11 is 5.83. The van der Waals surface area contributed by atoms with Crippen molar-refractivity contribution < 1.29 is 13.9 Å². The number of benzene rings is 1. The molecule has 5 heteroatoms. The summed E-state index contributed by atoms with van der Waals surface area (Å²) in [4.78, 5) is 11.1. The molecule has 0 saturated heterocycles. The van der Waals surface area contributed by atoms with Gasteiger partial charge < -0.3 is 14.5 Å². The second-order valence-electron chi connectivity index (χ2n) is 3.85. The van der Waals surface area contributed by atoms with Crippen LogP contribution in [0.15, 0.2) is 40.8 Å². The summed E-state index contributed by atoms with van der Waals surface area (Å²) < 4.78 is 10.4. The number of furan rings is 1. The lowest BCUT2D eigenvalue weighted by atomic mass is 10.2. The van der Waals surface area contributed by atoms with Crippen molar-refractivity contribution >= 4 is 17.7 Å². The molecule has 1 aromatic heterocycles. The number of amides is 1. The Balaban J connectivity index is 1.99. The summed E-state index contributed by atoms with van der Waals surface area (Å²) in [6.07, 6.45) is -0.452. The van der Waals surface area contributed by atoms with Gasteiger partial charge in [0, 0.05) is 10.6 Å². The van der Waals surface area contributed by atoms with E-state index in [1.54, 1.807) is 19.1 Å². The minimum absolute atomic E-state index is 0.298. The molecule has 1 aromatic carbocycles. The third-order valence-electron chi connectivity index (χ3n) is 2.47. The van der Waals surface area contributed by atoms with Crippen LogP contribution in [0.2, 0.25) is 5.02 Å². The average molecular weight is 280 g/mol. The first-order valence-electron chi connectivity index (χ1n) is 5.94. The smallest absolute Gasteiger partial charge is 0.407 e. The molecular formula is C14H14ClNO3. The highest BCUT2D eigenvalue weighted by molar-refractivity contribution is 6.30. The summed E-state index contributed by atoms with van der Waals surface area (Å²) in [5.41, 5.74) is 0.937. The molecular weight excluding hydrogens is 266 g/mol. The Kier molecular flexibility index (Phi) is 4.47. The number of carbonyl (C=O) groups excluding carboxylic acids is 1. The Morgan fingerprint density at radius 3 is 2.68 bits per heavy atom. The molecule has 0 aliphatic rings. The van der Waals surface area contributed by atoms with Crippen LogP contribution in [-0.2, 0) is 11.3 Å². The van der Waals surface area contributed by atoms with Gasteiger partial charge in [0.05, 0.1) is 13.2 Å². The molecule has 4 nitrogen and oxygen atoms in total. The standard InChI is InChI=1S/C14H14ClNO3/c1-2-18-14(17)16-9-12-7-8-13(19-12)10-3-5-11(15)6-4-10/h3-8H,2,9H2,1H3,(H,16,17). The van der Waals surface area contributed by atoms with E-state index in [2.05, 4.69) is 5.32 Å². The summed E-state index contributed by atoms with van der Waals surface area (Å²) in [5.74, 6) is 1.40. The van der Waals surface area contributed by atoms with Gasteiger partial charge >= 0.3 is 6.09 Å². The van der Waals surface area contributed by atoms with Gasteiger partial charge in [-0.1, -0.05) is 11.6 Å². The first kappa shape index (κ1) is 13.5. The summed E-state index contributed by atoms with van der Waals surface area (Å²) in [5, 5.41) is 3.28. The van der Waals surface area contributed by atoms with Crippen molar-refractivity contribution in [2.45, 2.75) is 13.5 Å². The van der Waals surface area contributed by atoms with E-state index in [1.807, 2.05) is 24.3 Å². The van der Waals surface area contributed by atoms with E-state index in [-0.39, 0.29) is 0 Å². The molecule has 100 valence electrons. The van der Waals surface area contributed by atoms with Crippen LogP contribution in [-0.4, -0.2) is 12.7 Å². The van der Waals surface area contributed by atoms with E-state index < -0.39 is 6.09 Å². The van der Waals surface area contributed by atoms with E-state index in [4.69, 9.17) is 20.8 Å². The normalized spacial score (nSPS) is 10.2. The van der Waals surface area contributed by atoms with E-state index >= 15 is 0 Å². The molecule has 1 N–H and O–H groups in total. The number of rotatable bonds is 4. The van der Waals surface area contributed by atoms with Crippen LogP contribution in [0.3, 0.4) is 0 Å². The predicted molar refractivity (Wildman–Crippen MR) is 73.0 cm³/mol. The van der Waals surface area contributed by atoms with Crippen molar-refractivity contribution in [3.05, 3.63) is 47.2 Å². The fraction of sp³-hybridized carbons (Fsp3) is 0.214. The van der Waals surface area contributed by atoms with E-state index in [1.165, 1.54) is 0 Å². The molecule has 0 atom stereocenters. The number of nitrogens with one attached hydrogen (secondary N) is 1. The lowest BCUT2D eigenvalue weighted by Gasteiger charge is -2.02. The van der Waals surface area contributed by atoms with Gasteiger partial charge in [-0.15, -0.1) is 0 Å². The summed E-state index contributed by atoms with van der Waals surface area (Å²) in [6, 6.07) is 11.0. The van der Waals surface area contributed by atoms with Crippen LogP contribution in [0.1, 0.15) is 12.7 Å². The maximum absolute atomic E-state index is 11.1. The fourth-order valence-electron chi connectivity index (χ4n) is 1.58. The Bertz CT molecular complexity index is 548. The first-order chi connectivity index (χ1) is 9.19. The minimum atomic E-state index is -0.452. The van der Waals surface area contributed by atoms with E-state index in [9.17, 15) is 4.79 Å². The largest absolute Gasteiger partial charge is 0.459 e. The zero-order chi connectivity index (χ0) is 13.7. The summed E-state index contributed by atoms with van der Waals surface area (Å²) in [6.45, 7) is 2.40. The molecule has 19 heavy (non-hydrogen) atoms. The molecule has 1 amide bonds. The van der Waals surface area contributed by atoms with Crippen molar-refractivity contribution in [2.24, 2.45) is 0 Å². The third-order valence-corrected chi connectivity index (χ3v) is 2.72. The Hall–Kier alpha value is -1.94. The Morgan fingerprint density at radius 1 is 1.26 bits per heavy atom. The number of alkyl carbamates (subject to hydrolysis) is 1. The lowest BCUT2D eigenvalue weighted by Crippen LogP contribution is -2.23. The van der Waals surface area contributed by atoms with E-state index in [0.717, 1.165) is 11.3 Å². The van der Waals surface area contributed by atoms with Gasteiger partial charge in [-0.3, -0.25) is 0 Å². The molecule has 0 spiro atoms. The fourth-order valence-corrected chi connectivity index (χ4v) is 1.71. The highest BCUT2D eigenvalue weighted by Gasteiger charge is 2.06. The SMILES string of the molecule is CCOC(=O)NCc1ccc(-c2ccc(Cl)cc2)o1. The molecule has 0 saturated carbocycles. The van der Waals surface area contributed by atoms with Gasteiger partial charge in [0.15, 0.2) is 0 Å². The number of halogens is 1. The maximum atomic E-state index is 11.1. The van der Waals surface area contributed by atoms with Crippen LogP contribution >= 0.6 is 11.6 Å². The highest BCUT2D eigenvalue weighted by atomic mass is 35.5. The lowest BCUT2D eigenvalue weighted by molar-refractivity contribution is 0.151. The Labute approximate surface area is 116 Å². The van der Waals surface area contributed by atoms with Gasteiger partial charge in [0.2, 0.25) is 0 Å². The molecule has 2 aromatic rings. The zero-order valence-corrected chi connectivity index (χ0v) is 11.2. The van der Waals surface area contributed by atoms with Crippen LogP contribution in [0.25, 0.3) is 11.3 Å². The van der Waals surface area contributed by atoms with Crippen molar-refractivity contribution in [2.75, 3.05) is 6.61 Å². The monoisotopic (exact) mass is 279 g/mol. The maximum Gasteiger partial charge on any atom is 0.407 e. The first-order valence-corrected chi connectivity index (χ1v) is 6.32. The van der Waals surface area contributed by atoms with Crippen LogP contribution < -0.4 is 5.32 Å². The van der Waals surface area contributed by atoms with Gasteiger partial charge in [-0.05, 0) is 43.3 Å². The van der Waals surface area contributed by atoms with Crippen molar-refractivity contribution in [3.63, 3.8) is 0 Å².